The van der Waals surface area contributed by atoms with E-state index in [1.165, 1.54) is 22.9 Å². The molecule has 174 valence electrons. The zero-order chi connectivity index (χ0) is 24.0. The van der Waals surface area contributed by atoms with Crippen LogP contribution in [0.4, 0.5) is 0 Å². The van der Waals surface area contributed by atoms with E-state index in [2.05, 4.69) is 10.4 Å². The molecule has 3 rings (SSSR count). The zero-order valence-corrected chi connectivity index (χ0v) is 19.6. The second kappa shape index (κ2) is 10.4. The molecule has 1 N–H and O–H groups in total. The average molecular weight is 470 g/mol. The van der Waals surface area contributed by atoms with Gasteiger partial charge in [-0.3, -0.25) is 9.59 Å². The molecule has 0 radical (unpaired) electrons. The Kier molecular flexibility index (Phi) is 7.65. The van der Waals surface area contributed by atoms with E-state index in [1.54, 1.807) is 39.2 Å². The number of methoxy groups -OCH3 is 1. The molecule has 3 aromatic rings. The molecule has 0 saturated carbocycles. The highest BCUT2D eigenvalue weighted by Gasteiger charge is 2.18. The molecule has 1 amide bonds. The van der Waals surface area contributed by atoms with Gasteiger partial charge in [0.15, 0.2) is 9.84 Å². The Hall–Kier alpha value is -3.46. The minimum Gasteiger partial charge on any atom is -0.497 e. The number of carbonyl (C=O) groups excluding carboxylic acids is 1. The number of nitrogens with one attached hydrogen (secondary N) is 1. The molecule has 33 heavy (non-hydrogen) atoms. The smallest absolute Gasteiger partial charge is 0.266 e. The number of sulfone groups is 1. The standard InChI is InChI=1S/C24H27N3O5S/c1-17(2)33(30,31)21-10-4-18(5-11-21)16-23(28)25-14-15-27-24(29)13-12-22(26-27)19-6-8-20(32-3)9-7-19/h4-13,17H,14-16H2,1-3H3,(H,25,28). The van der Waals surface area contributed by atoms with Crippen LogP contribution in [-0.4, -0.2) is 43.0 Å². The number of benzene rings is 2. The van der Waals surface area contributed by atoms with Gasteiger partial charge in [0.1, 0.15) is 5.75 Å². The number of nitrogens with zero attached hydrogens (tertiary/aromatic N) is 2. The maximum absolute atomic E-state index is 12.3. The SMILES string of the molecule is COc1ccc(-c2ccc(=O)n(CCNC(=O)Cc3ccc(S(=O)(=O)C(C)C)cc3)n2)cc1. The molecular formula is C24H27N3O5S. The first kappa shape index (κ1) is 24.2. The van der Waals surface area contributed by atoms with Crippen molar-refractivity contribution in [1.82, 2.24) is 15.1 Å². The van der Waals surface area contributed by atoms with Crippen LogP contribution in [0.3, 0.4) is 0 Å². The van der Waals surface area contributed by atoms with Gasteiger partial charge in [-0.25, -0.2) is 13.1 Å². The van der Waals surface area contributed by atoms with E-state index >= 15 is 0 Å². The molecule has 0 saturated heterocycles. The Balaban J connectivity index is 1.57. The molecule has 0 aliphatic rings. The second-order valence-electron chi connectivity index (χ2n) is 7.77. The van der Waals surface area contributed by atoms with Gasteiger partial charge in [-0.15, -0.1) is 0 Å². The highest BCUT2D eigenvalue weighted by Crippen LogP contribution is 2.19. The lowest BCUT2D eigenvalue weighted by atomic mass is 10.1. The molecule has 1 heterocycles. The molecule has 0 aliphatic carbocycles. The summed E-state index contributed by atoms with van der Waals surface area (Å²) >= 11 is 0. The third kappa shape index (κ3) is 6.07. The first-order valence-electron chi connectivity index (χ1n) is 10.5. The molecule has 0 bridgehead atoms. The van der Waals surface area contributed by atoms with Crippen LogP contribution >= 0.6 is 0 Å². The minimum atomic E-state index is -3.34. The molecule has 9 heteroatoms. The van der Waals surface area contributed by atoms with Crippen molar-refractivity contribution in [3.05, 3.63) is 76.6 Å². The summed E-state index contributed by atoms with van der Waals surface area (Å²) in [6.45, 7) is 3.71. The van der Waals surface area contributed by atoms with Gasteiger partial charge >= 0.3 is 0 Å². The number of amides is 1. The van der Waals surface area contributed by atoms with Gasteiger partial charge in [0, 0.05) is 18.2 Å². The van der Waals surface area contributed by atoms with E-state index < -0.39 is 15.1 Å². The number of carbonyl (C=O) groups is 1. The highest BCUT2D eigenvalue weighted by molar-refractivity contribution is 7.92. The van der Waals surface area contributed by atoms with Crippen LogP contribution < -0.4 is 15.6 Å². The predicted molar refractivity (Wildman–Crippen MR) is 126 cm³/mol. The molecule has 0 unspecified atom stereocenters. The summed E-state index contributed by atoms with van der Waals surface area (Å²) in [6.07, 6.45) is 0.107. The molecule has 0 atom stereocenters. The van der Waals surface area contributed by atoms with Crippen LogP contribution in [0.2, 0.25) is 0 Å². The third-order valence-electron chi connectivity index (χ3n) is 5.14. The summed E-state index contributed by atoms with van der Waals surface area (Å²) in [5.41, 5.74) is 1.92. The van der Waals surface area contributed by atoms with Crippen molar-refractivity contribution in [2.24, 2.45) is 0 Å². The van der Waals surface area contributed by atoms with E-state index in [9.17, 15) is 18.0 Å². The summed E-state index contributed by atoms with van der Waals surface area (Å²) < 4.78 is 30.9. The molecule has 1 aromatic heterocycles. The summed E-state index contributed by atoms with van der Waals surface area (Å²) in [6, 6.07) is 16.8. The van der Waals surface area contributed by atoms with Crippen LogP contribution in [0.25, 0.3) is 11.3 Å². The lowest BCUT2D eigenvalue weighted by molar-refractivity contribution is -0.120. The fraction of sp³-hybridized carbons (Fsp3) is 0.292. The normalized spacial score (nSPS) is 11.4. The zero-order valence-electron chi connectivity index (χ0n) is 18.8. The predicted octanol–water partition coefficient (Wildman–Crippen LogP) is 2.46. The molecule has 2 aromatic carbocycles. The van der Waals surface area contributed by atoms with E-state index in [0.717, 1.165) is 11.3 Å². The number of ether oxygens (including phenoxy) is 1. The van der Waals surface area contributed by atoms with Gasteiger partial charge in [0.05, 0.1) is 35.9 Å². The molecule has 0 fully saturated rings. The van der Waals surface area contributed by atoms with Crippen molar-refractivity contribution in [3.63, 3.8) is 0 Å². The molecule has 8 nitrogen and oxygen atoms in total. The summed E-state index contributed by atoms with van der Waals surface area (Å²) in [7, 11) is -1.75. The van der Waals surface area contributed by atoms with Crippen LogP contribution in [0.15, 0.2) is 70.4 Å². The fourth-order valence-corrected chi connectivity index (χ4v) is 4.20. The Morgan fingerprint density at radius 1 is 1.03 bits per heavy atom. The first-order valence-corrected chi connectivity index (χ1v) is 12.1. The van der Waals surface area contributed by atoms with Gasteiger partial charge in [-0.1, -0.05) is 12.1 Å². The number of aromatic nitrogens is 2. The summed E-state index contributed by atoms with van der Waals surface area (Å²) in [5.74, 6) is 0.500. The van der Waals surface area contributed by atoms with Crippen molar-refractivity contribution >= 4 is 15.7 Å². The minimum absolute atomic E-state index is 0.107. The molecule has 0 spiro atoms. The van der Waals surface area contributed by atoms with Crippen molar-refractivity contribution in [2.45, 2.75) is 37.0 Å². The number of hydrogen-bond donors (Lipinski definition) is 1. The highest BCUT2D eigenvalue weighted by atomic mass is 32.2. The first-order chi connectivity index (χ1) is 15.7. The molecule has 0 aliphatic heterocycles. The second-order valence-corrected chi connectivity index (χ2v) is 10.3. The lowest BCUT2D eigenvalue weighted by Crippen LogP contribution is -2.32. The number of hydrogen-bond acceptors (Lipinski definition) is 6. The molecular weight excluding hydrogens is 442 g/mol. The maximum atomic E-state index is 12.3. The monoisotopic (exact) mass is 469 g/mol. The van der Waals surface area contributed by atoms with Gasteiger partial charge in [0.25, 0.3) is 5.56 Å². The van der Waals surface area contributed by atoms with Crippen molar-refractivity contribution in [3.8, 4) is 17.0 Å². The number of rotatable bonds is 9. The lowest BCUT2D eigenvalue weighted by Gasteiger charge is -2.10. The Labute approximate surface area is 193 Å². The van der Waals surface area contributed by atoms with Crippen LogP contribution in [0.5, 0.6) is 5.75 Å². The van der Waals surface area contributed by atoms with Crippen LogP contribution in [-0.2, 0) is 27.6 Å². The third-order valence-corrected chi connectivity index (χ3v) is 7.31. The largest absolute Gasteiger partial charge is 0.497 e. The van der Waals surface area contributed by atoms with E-state index in [1.807, 2.05) is 24.3 Å². The Morgan fingerprint density at radius 2 is 1.70 bits per heavy atom. The maximum Gasteiger partial charge on any atom is 0.266 e. The quantitative estimate of drug-likeness (QED) is 0.516. The van der Waals surface area contributed by atoms with Crippen molar-refractivity contribution in [2.75, 3.05) is 13.7 Å². The summed E-state index contributed by atoms with van der Waals surface area (Å²) in [4.78, 5) is 24.7. The van der Waals surface area contributed by atoms with E-state index in [-0.39, 0.29) is 35.9 Å². The summed E-state index contributed by atoms with van der Waals surface area (Å²) in [5, 5.41) is 6.64. The fourth-order valence-electron chi connectivity index (χ4n) is 3.14. The topological polar surface area (TPSA) is 107 Å². The Bertz CT molecular complexity index is 1260. The van der Waals surface area contributed by atoms with E-state index in [4.69, 9.17) is 4.74 Å². The van der Waals surface area contributed by atoms with Crippen LogP contribution in [0.1, 0.15) is 19.4 Å². The van der Waals surface area contributed by atoms with Gasteiger partial charge in [-0.2, -0.15) is 5.10 Å². The van der Waals surface area contributed by atoms with Crippen LogP contribution in [0, 0.1) is 0 Å². The average Bonchev–Trinajstić information content (AvgIpc) is 2.80. The van der Waals surface area contributed by atoms with Gasteiger partial charge in [0.2, 0.25) is 5.91 Å². The Morgan fingerprint density at radius 3 is 2.30 bits per heavy atom. The van der Waals surface area contributed by atoms with Crippen molar-refractivity contribution < 1.29 is 17.9 Å². The van der Waals surface area contributed by atoms with E-state index in [0.29, 0.717) is 11.3 Å². The van der Waals surface area contributed by atoms with Crippen molar-refractivity contribution in [1.29, 1.82) is 0 Å². The van der Waals surface area contributed by atoms with Gasteiger partial charge < -0.3 is 10.1 Å². The van der Waals surface area contributed by atoms with Gasteiger partial charge in [-0.05, 0) is 61.9 Å².